The van der Waals surface area contributed by atoms with E-state index in [9.17, 15) is 9.90 Å². The molecule has 4 rings (SSSR count). The molecule has 10 atom stereocenters. The molecular formula is C30H52O4. The maximum Gasteiger partial charge on any atom is 0.302 e. The average Bonchev–Trinajstić information content (AvgIpc) is 3.11. The van der Waals surface area contributed by atoms with E-state index in [4.69, 9.17) is 9.47 Å². The fraction of sp³-hybridized carbons (Fsp3) is 0.967. The summed E-state index contributed by atoms with van der Waals surface area (Å²) in [7, 11) is 1.77. The van der Waals surface area contributed by atoms with Gasteiger partial charge in [-0.25, -0.2) is 0 Å². The second kappa shape index (κ2) is 9.69. The fourth-order valence-corrected chi connectivity index (χ4v) is 9.87. The molecular weight excluding hydrogens is 424 g/mol. The average molecular weight is 477 g/mol. The lowest BCUT2D eigenvalue weighted by molar-refractivity contribution is -0.271. The van der Waals surface area contributed by atoms with Crippen molar-refractivity contribution in [2.24, 2.45) is 46.3 Å². The Morgan fingerprint density at radius 3 is 2.41 bits per heavy atom. The zero-order chi connectivity index (χ0) is 24.9. The molecule has 0 amide bonds. The van der Waals surface area contributed by atoms with Gasteiger partial charge in [0.1, 0.15) is 6.10 Å². The molecule has 4 heteroatoms. The van der Waals surface area contributed by atoms with Crippen LogP contribution in [0.15, 0.2) is 0 Å². The van der Waals surface area contributed by atoms with E-state index in [0.717, 1.165) is 42.9 Å². The van der Waals surface area contributed by atoms with Crippen LogP contribution in [-0.4, -0.2) is 36.0 Å². The van der Waals surface area contributed by atoms with Gasteiger partial charge in [0.05, 0.1) is 11.7 Å². The molecule has 0 saturated heterocycles. The fourth-order valence-electron chi connectivity index (χ4n) is 9.87. The van der Waals surface area contributed by atoms with Gasteiger partial charge in [-0.15, -0.1) is 0 Å². The van der Waals surface area contributed by atoms with Crippen molar-refractivity contribution >= 4 is 5.97 Å². The molecule has 0 aromatic carbocycles. The zero-order valence-corrected chi connectivity index (χ0v) is 23.1. The number of hydrogen-bond acceptors (Lipinski definition) is 4. The summed E-state index contributed by atoms with van der Waals surface area (Å²) in [5.41, 5.74) is -0.663. The third kappa shape index (κ3) is 4.27. The Balaban J connectivity index is 1.54. The van der Waals surface area contributed by atoms with Gasteiger partial charge in [-0.2, -0.15) is 0 Å². The van der Waals surface area contributed by atoms with Crippen LogP contribution in [0.5, 0.6) is 0 Å². The summed E-state index contributed by atoms with van der Waals surface area (Å²) in [6.07, 6.45) is 12.2. The number of methoxy groups -OCH3 is 1. The standard InChI is InChI=1S/C30H52O4/c1-19(2)9-8-10-20(3)24-11-12-25-23-17-27(33-7)30(32)18-22(34-21(4)31)13-16-29(30,6)26(23)14-15-28(24,25)5/h19-20,22-27,32H,8-18H2,1-7H3/t20-,22+,23+,24-,25+,26+,27+,28-,29-,30+/m1/s1. The predicted octanol–water partition coefficient (Wildman–Crippen LogP) is 6.78. The van der Waals surface area contributed by atoms with Gasteiger partial charge in [-0.05, 0) is 85.9 Å². The van der Waals surface area contributed by atoms with Gasteiger partial charge >= 0.3 is 5.97 Å². The van der Waals surface area contributed by atoms with Crippen molar-refractivity contribution in [3.8, 4) is 0 Å². The monoisotopic (exact) mass is 476 g/mol. The van der Waals surface area contributed by atoms with Gasteiger partial charge in [-0.3, -0.25) is 4.79 Å². The normalized spacial score (nSPS) is 47.0. The molecule has 0 radical (unpaired) electrons. The highest BCUT2D eigenvalue weighted by Crippen LogP contribution is 2.69. The second-order valence-electron chi connectivity index (χ2n) is 13.7. The molecule has 196 valence electrons. The molecule has 0 aromatic rings. The lowest BCUT2D eigenvalue weighted by Gasteiger charge is -2.66. The molecule has 0 spiro atoms. The summed E-state index contributed by atoms with van der Waals surface area (Å²) in [6.45, 7) is 13.6. The lowest BCUT2D eigenvalue weighted by Crippen LogP contribution is -2.69. The van der Waals surface area contributed by atoms with E-state index in [1.54, 1.807) is 7.11 Å². The summed E-state index contributed by atoms with van der Waals surface area (Å²) in [5, 5.41) is 12.2. The second-order valence-corrected chi connectivity index (χ2v) is 13.7. The molecule has 4 nitrogen and oxygen atoms in total. The van der Waals surface area contributed by atoms with Crippen molar-refractivity contribution in [2.45, 2.75) is 130 Å². The van der Waals surface area contributed by atoms with Crippen LogP contribution in [0.25, 0.3) is 0 Å². The Bertz CT molecular complexity index is 735. The van der Waals surface area contributed by atoms with E-state index in [0.29, 0.717) is 23.7 Å². The molecule has 0 aromatic heterocycles. The maximum atomic E-state index is 12.2. The first-order valence-electron chi connectivity index (χ1n) is 14.4. The number of carbonyl (C=O) groups is 1. The van der Waals surface area contributed by atoms with Crippen molar-refractivity contribution in [3.63, 3.8) is 0 Å². The molecule has 34 heavy (non-hydrogen) atoms. The highest BCUT2D eigenvalue weighted by Gasteiger charge is 2.68. The Kier molecular flexibility index (Phi) is 7.54. The molecule has 0 unspecified atom stereocenters. The van der Waals surface area contributed by atoms with E-state index in [1.165, 1.54) is 51.9 Å². The first kappa shape index (κ1) is 26.5. The van der Waals surface area contributed by atoms with Gasteiger partial charge in [0.25, 0.3) is 0 Å². The van der Waals surface area contributed by atoms with Crippen LogP contribution in [-0.2, 0) is 14.3 Å². The number of aliphatic hydroxyl groups is 1. The molecule has 0 bridgehead atoms. The van der Waals surface area contributed by atoms with Crippen LogP contribution in [0.4, 0.5) is 0 Å². The largest absolute Gasteiger partial charge is 0.462 e. The van der Waals surface area contributed by atoms with Gasteiger partial charge in [0.2, 0.25) is 0 Å². The van der Waals surface area contributed by atoms with Crippen molar-refractivity contribution in [1.82, 2.24) is 0 Å². The van der Waals surface area contributed by atoms with Crippen LogP contribution in [0.3, 0.4) is 0 Å². The molecule has 4 aliphatic carbocycles. The Hall–Kier alpha value is -0.610. The summed E-state index contributed by atoms with van der Waals surface area (Å²) in [6, 6.07) is 0. The van der Waals surface area contributed by atoms with Gasteiger partial charge in [0.15, 0.2) is 0 Å². The molecule has 0 heterocycles. The first-order chi connectivity index (χ1) is 16.0. The Labute approximate surface area is 208 Å². The number of ether oxygens (including phenoxy) is 2. The number of rotatable bonds is 7. The van der Waals surface area contributed by atoms with Crippen LogP contribution >= 0.6 is 0 Å². The minimum absolute atomic E-state index is 0.171. The van der Waals surface area contributed by atoms with Crippen LogP contribution in [0, 0.1) is 46.3 Å². The van der Waals surface area contributed by atoms with E-state index in [-0.39, 0.29) is 23.6 Å². The SMILES string of the molecule is CO[C@H]1C[C@H]2[C@@H]3CC[C@H]([C@H](C)CCCC(C)C)[C@@]3(C)CC[C@@H]2[C@@]2(C)CC[C@H](OC(C)=O)C[C@]12O. The summed E-state index contributed by atoms with van der Waals surface area (Å²) in [5.74, 6) is 4.11. The van der Waals surface area contributed by atoms with Crippen LogP contribution in [0.2, 0.25) is 0 Å². The number of fused-ring (bicyclic) bond motifs is 5. The number of esters is 1. The van der Waals surface area contributed by atoms with E-state index in [2.05, 4.69) is 34.6 Å². The van der Waals surface area contributed by atoms with Crippen molar-refractivity contribution in [1.29, 1.82) is 0 Å². The molecule has 0 aliphatic heterocycles. The maximum absolute atomic E-state index is 12.2. The lowest BCUT2D eigenvalue weighted by atomic mass is 9.42. The smallest absolute Gasteiger partial charge is 0.302 e. The third-order valence-corrected chi connectivity index (χ3v) is 11.6. The van der Waals surface area contributed by atoms with Gasteiger partial charge < -0.3 is 14.6 Å². The molecule has 1 N–H and O–H groups in total. The van der Waals surface area contributed by atoms with E-state index < -0.39 is 5.60 Å². The highest BCUT2D eigenvalue weighted by atomic mass is 16.5. The first-order valence-corrected chi connectivity index (χ1v) is 14.4. The zero-order valence-electron chi connectivity index (χ0n) is 23.1. The number of carbonyl (C=O) groups excluding carboxylic acids is 1. The Morgan fingerprint density at radius 2 is 1.76 bits per heavy atom. The van der Waals surface area contributed by atoms with E-state index in [1.807, 2.05) is 0 Å². The van der Waals surface area contributed by atoms with E-state index >= 15 is 0 Å². The predicted molar refractivity (Wildman–Crippen MR) is 136 cm³/mol. The minimum atomic E-state index is -0.919. The summed E-state index contributed by atoms with van der Waals surface area (Å²) >= 11 is 0. The number of hydrogen-bond donors (Lipinski definition) is 1. The van der Waals surface area contributed by atoms with Gasteiger partial charge in [0, 0.05) is 25.9 Å². The van der Waals surface area contributed by atoms with Crippen molar-refractivity contribution < 1.29 is 19.4 Å². The summed E-state index contributed by atoms with van der Waals surface area (Å²) in [4.78, 5) is 11.6. The minimum Gasteiger partial charge on any atom is -0.462 e. The van der Waals surface area contributed by atoms with Crippen molar-refractivity contribution in [2.75, 3.05) is 7.11 Å². The van der Waals surface area contributed by atoms with Gasteiger partial charge in [-0.1, -0.05) is 53.9 Å². The van der Waals surface area contributed by atoms with Crippen LogP contribution in [0.1, 0.15) is 112 Å². The Morgan fingerprint density at radius 1 is 1.03 bits per heavy atom. The molecule has 4 aliphatic rings. The van der Waals surface area contributed by atoms with Crippen molar-refractivity contribution in [3.05, 3.63) is 0 Å². The topological polar surface area (TPSA) is 55.8 Å². The quantitative estimate of drug-likeness (QED) is 0.412. The third-order valence-electron chi connectivity index (χ3n) is 11.6. The van der Waals surface area contributed by atoms with Crippen LogP contribution < -0.4 is 0 Å². The molecule has 4 saturated carbocycles. The molecule has 4 fully saturated rings. The highest BCUT2D eigenvalue weighted by molar-refractivity contribution is 5.66. The summed E-state index contributed by atoms with van der Waals surface area (Å²) < 4.78 is 11.7.